The highest BCUT2D eigenvalue weighted by molar-refractivity contribution is 7.99. The van der Waals surface area contributed by atoms with Gasteiger partial charge in [0.1, 0.15) is 5.82 Å². The molecule has 1 aromatic carbocycles. The highest BCUT2D eigenvalue weighted by Crippen LogP contribution is 2.25. The van der Waals surface area contributed by atoms with Crippen molar-refractivity contribution in [2.75, 3.05) is 11.2 Å². The van der Waals surface area contributed by atoms with Crippen molar-refractivity contribution < 1.29 is 4.39 Å². The van der Waals surface area contributed by atoms with Crippen LogP contribution in [0.15, 0.2) is 29.4 Å². The molecule has 1 aromatic heterocycles. The smallest absolute Gasteiger partial charge is 0.210 e. The molecule has 1 atom stereocenters. The minimum absolute atomic E-state index is 0.217. The monoisotopic (exact) mass is 292 g/mol. The summed E-state index contributed by atoms with van der Waals surface area (Å²) in [5.74, 6) is 2.21. The Morgan fingerprint density at radius 1 is 1.35 bits per heavy atom. The molecule has 0 radical (unpaired) electrons. The molecule has 1 unspecified atom stereocenters. The Kier molecular flexibility index (Phi) is 3.65. The summed E-state index contributed by atoms with van der Waals surface area (Å²) in [6.07, 6.45) is 0.644. The number of hydrogen-bond acceptors (Lipinski definition) is 4. The van der Waals surface area contributed by atoms with Crippen molar-refractivity contribution in [3.05, 3.63) is 41.5 Å². The Balaban J connectivity index is 1.82. The molecular formula is C14H17FN4S. The Morgan fingerprint density at radius 3 is 2.80 bits per heavy atom. The second kappa shape index (κ2) is 5.44. The van der Waals surface area contributed by atoms with Crippen LogP contribution >= 0.6 is 11.8 Å². The summed E-state index contributed by atoms with van der Waals surface area (Å²) in [4.78, 5) is 0. The highest BCUT2D eigenvalue weighted by Gasteiger charge is 2.24. The van der Waals surface area contributed by atoms with Gasteiger partial charge in [-0.15, -0.1) is 10.2 Å². The summed E-state index contributed by atoms with van der Waals surface area (Å²) in [6, 6.07) is 6.93. The van der Waals surface area contributed by atoms with Gasteiger partial charge in [0.05, 0.1) is 6.04 Å². The van der Waals surface area contributed by atoms with Gasteiger partial charge in [0.15, 0.2) is 5.82 Å². The van der Waals surface area contributed by atoms with Crippen LogP contribution in [0.4, 0.5) is 4.39 Å². The van der Waals surface area contributed by atoms with E-state index < -0.39 is 0 Å². The van der Waals surface area contributed by atoms with E-state index in [9.17, 15) is 4.39 Å². The van der Waals surface area contributed by atoms with Crippen LogP contribution in [0.1, 0.15) is 25.2 Å². The molecule has 6 heteroatoms. The maximum atomic E-state index is 12.9. The molecule has 4 nitrogen and oxygen atoms in total. The molecule has 106 valence electrons. The summed E-state index contributed by atoms with van der Waals surface area (Å²) in [7, 11) is 0. The van der Waals surface area contributed by atoms with Crippen LogP contribution in [-0.2, 0) is 6.42 Å². The summed E-state index contributed by atoms with van der Waals surface area (Å²) < 4.78 is 14.9. The zero-order valence-electron chi connectivity index (χ0n) is 11.5. The van der Waals surface area contributed by atoms with E-state index >= 15 is 0 Å². The average molecular weight is 292 g/mol. The van der Waals surface area contributed by atoms with Gasteiger partial charge in [-0.25, -0.2) is 9.07 Å². The maximum absolute atomic E-state index is 12.9. The molecule has 1 N–H and O–H groups in total. The number of thioether (sulfide) groups is 1. The van der Waals surface area contributed by atoms with Gasteiger partial charge < -0.3 is 5.43 Å². The van der Waals surface area contributed by atoms with Crippen molar-refractivity contribution in [3.8, 4) is 0 Å². The van der Waals surface area contributed by atoms with E-state index in [1.807, 2.05) is 4.68 Å². The first-order chi connectivity index (χ1) is 9.63. The average Bonchev–Trinajstić information content (AvgIpc) is 2.84. The molecule has 0 saturated heterocycles. The third-order valence-electron chi connectivity index (χ3n) is 3.47. The van der Waals surface area contributed by atoms with Crippen LogP contribution in [0, 0.1) is 11.7 Å². The minimum atomic E-state index is -0.217. The molecule has 0 fully saturated rings. The number of rotatable bonds is 3. The van der Waals surface area contributed by atoms with Crippen LogP contribution < -0.4 is 5.43 Å². The predicted molar refractivity (Wildman–Crippen MR) is 77.9 cm³/mol. The van der Waals surface area contributed by atoms with E-state index in [-0.39, 0.29) is 5.82 Å². The molecule has 2 aromatic rings. The lowest BCUT2D eigenvalue weighted by atomic mass is 10.1. The maximum Gasteiger partial charge on any atom is 0.210 e. The molecule has 0 aliphatic carbocycles. The summed E-state index contributed by atoms with van der Waals surface area (Å²) in [5.41, 5.74) is 4.50. The number of nitrogens with one attached hydrogen (secondary N) is 1. The Bertz CT molecular complexity index is 594. The molecular weight excluding hydrogens is 275 g/mol. The van der Waals surface area contributed by atoms with Crippen molar-refractivity contribution in [2.24, 2.45) is 5.92 Å². The van der Waals surface area contributed by atoms with Gasteiger partial charge in [0.25, 0.3) is 0 Å². The van der Waals surface area contributed by atoms with Crippen LogP contribution in [0.5, 0.6) is 0 Å². The molecule has 0 amide bonds. The van der Waals surface area contributed by atoms with Gasteiger partial charge in [0.2, 0.25) is 5.16 Å². The lowest BCUT2D eigenvalue weighted by Crippen LogP contribution is -2.39. The molecule has 0 saturated carbocycles. The summed E-state index contributed by atoms with van der Waals surface area (Å²) in [6.45, 7) is 4.40. The lowest BCUT2D eigenvalue weighted by molar-refractivity contribution is 0.495. The Morgan fingerprint density at radius 2 is 2.10 bits per heavy atom. The van der Waals surface area contributed by atoms with Gasteiger partial charge in [-0.2, -0.15) is 0 Å². The Hall–Kier alpha value is -1.56. The zero-order valence-corrected chi connectivity index (χ0v) is 12.3. The Labute approximate surface area is 121 Å². The van der Waals surface area contributed by atoms with Crippen LogP contribution in [0.3, 0.4) is 0 Å². The number of halogens is 1. The van der Waals surface area contributed by atoms with E-state index in [1.165, 1.54) is 12.1 Å². The van der Waals surface area contributed by atoms with Gasteiger partial charge in [0, 0.05) is 12.2 Å². The fraction of sp³-hybridized carbons (Fsp3) is 0.429. The standard InChI is InChI=1S/C14H17FN4S/c1-9(2)12-8-20-14-17-16-13(19(14)18-12)7-10-3-5-11(15)6-4-10/h3-6,9,12,18H,7-8H2,1-2H3. The highest BCUT2D eigenvalue weighted by atomic mass is 32.2. The van der Waals surface area contributed by atoms with Gasteiger partial charge >= 0.3 is 0 Å². The predicted octanol–water partition coefficient (Wildman–Crippen LogP) is 2.68. The molecule has 1 aliphatic rings. The molecule has 3 rings (SSSR count). The van der Waals surface area contributed by atoms with Gasteiger partial charge in [-0.05, 0) is 23.6 Å². The van der Waals surface area contributed by atoms with E-state index in [1.54, 1.807) is 23.9 Å². The first kappa shape index (κ1) is 13.4. The second-order valence-electron chi connectivity index (χ2n) is 5.33. The topological polar surface area (TPSA) is 42.7 Å². The zero-order chi connectivity index (χ0) is 14.1. The summed E-state index contributed by atoms with van der Waals surface area (Å²) >= 11 is 1.73. The normalized spacial score (nSPS) is 17.9. The lowest BCUT2D eigenvalue weighted by Gasteiger charge is -2.28. The number of fused-ring (bicyclic) bond motifs is 1. The number of hydrogen-bond donors (Lipinski definition) is 1. The number of aromatic nitrogens is 3. The first-order valence-electron chi connectivity index (χ1n) is 6.71. The van der Waals surface area contributed by atoms with E-state index in [2.05, 4.69) is 29.5 Å². The van der Waals surface area contributed by atoms with E-state index in [4.69, 9.17) is 0 Å². The van der Waals surface area contributed by atoms with Gasteiger partial charge in [-0.3, -0.25) is 0 Å². The van der Waals surface area contributed by atoms with Crippen molar-refractivity contribution in [3.63, 3.8) is 0 Å². The van der Waals surface area contributed by atoms with Crippen molar-refractivity contribution >= 4 is 11.8 Å². The molecule has 0 bridgehead atoms. The molecule has 20 heavy (non-hydrogen) atoms. The quantitative estimate of drug-likeness (QED) is 0.944. The third kappa shape index (κ3) is 2.65. The third-order valence-corrected chi connectivity index (χ3v) is 4.52. The fourth-order valence-corrected chi connectivity index (χ4v) is 3.31. The van der Waals surface area contributed by atoms with Crippen molar-refractivity contribution in [1.82, 2.24) is 14.9 Å². The van der Waals surface area contributed by atoms with Crippen molar-refractivity contribution in [2.45, 2.75) is 31.5 Å². The molecule has 2 heterocycles. The SMILES string of the molecule is CC(C)C1CSc2nnc(Cc3ccc(F)cc3)n2N1. The molecule has 0 spiro atoms. The van der Waals surface area contributed by atoms with Crippen LogP contribution in [-0.4, -0.2) is 26.7 Å². The van der Waals surface area contributed by atoms with E-state index in [0.29, 0.717) is 18.4 Å². The van der Waals surface area contributed by atoms with Crippen LogP contribution in [0.25, 0.3) is 0 Å². The van der Waals surface area contributed by atoms with Crippen LogP contribution in [0.2, 0.25) is 0 Å². The number of nitrogens with zero attached hydrogens (tertiary/aromatic N) is 3. The summed E-state index contributed by atoms with van der Waals surface area (Å²) in [5, 5.41) is 9.35. The van der Waals surface area contributed by atoms with Gasteiger partial charge in [-0.1, -0.05) is 37.7 Å². The first-order valence-corrected chi connectivity index (χ1v) is 7.70. The molecule has 1 aliphatic heterocycles. The fourth-order valence-electron chi connectivity index (χ4n) is 2.13. The number of benzene rings is 1. The van der Waals surface area contributed by atoms with Crippen molar-refractivity contribution in [1.29, 1.82) is 0 Å². The minimum Gasteiger partial charge on any atom is -0.318 e. The second-order valence-corrected chi connectivity index (χ2v) is 6.32. The largest absolute Gasteiger partial charge is 0.318 e. The van der Waals surface area contributed by atoms with E-state index in [0.717, 1.165) is 22.3 Å².